The van der Waals surface area contributed by atoms with E-state index in [-0.39, 0.29) is 18.2 Å². The Balaban J connectivity index is 1.69. The maximum absolute atomic E-state index is 13.2. The second kappa shape index (κ2) is 7.78. The molecule has 3 aromatic heterocycles. The molecule has 7 nitrogen and oxygen atoms in total. The summed E-state index contributed by atoms with van der Waals surface area (Å²) in [5, 5.41) is 3.66. The summed E-state index contributed by atoms with van der Waals surface area (Å²) in [5.41, 5.74) is -0.399. The third kappa shape index (κ3) is 4.07. The van der Waals surface area contributed by atoms with Crippen LogP contribution in [-0.4, -0.2) is 45.7 Å². The van der Waals surface area contributed by atoms with E-state index in [4.69, 9.17) is 4.74 Å². The maximum atomic E-state index is 13.2. The number of anilines is 2. The maximum Gasteiger partial charge on any atom is 0.433 e. The monoisotopic (exact) mass is 404 g/mol. The Kier molecular flexibility index (Phi) is 5.18. The van der Waals surface area contributed by atoms with E-state index in [1.807, 2.05) is 11.8 Å². The SMILES string of the molecule is C[C@@H]1COCCN1c1nc(NCc2cccnc2C(F)(F)F)c2cccnc2n1. The van der Waals surface area contributed by atoms with E-state index in [2.05, 4.69) is 25.3 Å². The molecule has 0 radical (unpaired) electrons. The Morgan fingerprint density at radius 2 is 1.97 bits per heavy atom. The Hall–Kier alpha value is -3.01. The predicted octanol–water partition coefficient (Wildman–Crippen LogP) is 3.28. The molecule has 1 saturated heterocycles. The number of aromatic nitrogens is 4. The number of fused-ring (bicyclic) bond motifs is 1. The van der Waals surface area contributed by atoms with Crippen molar-refractivity contribution in [3.8, 4) is 0 Å². The molecule has 10 heteroatoms. The predicted molar refractivity (Wildman–Crippen MR) is 102 cm³/mol. The zero-order chi connectivity index (χ0) is 20.4. The van der Waals surface area contributed by atoms with Gasteiger partial charge in [-0.05, 0) is 25.1 Å². The van der Waals surface area contributed by atoms with Crippen molar-refractivity contribution >= 4 is 22.8 Å². The van der Waals surface area contributed by atoms with Crippen molar-refractivity contribution in [2.75, 3.05) is 30.0 Å². The van der Waals surface area contributed by atoms with Gasteiger partial charge in [0.15, 0.2) is 5.65 Å². The second-order valence-corrected chi connectivity index (χ2v) is 6.73. The van der Waals surface area contributed by atoms with Crippen LogP contribution in [0.1, 0.15) is 18.2 Å². The molecule has 0 bridgehead atoms. The third-order valence-corrected chi connectivity index (χ3v) is 4.69. The van der Waals surface area contributed by atoms with Gasteiger partial charge in [0, 0.05) is 31.0 Å². The van der Waals surface area contributed by atoms with Crippen molar-refractivity contribution in [1.82, 2.24) is 19.9 Å². The van der Waals surface area contributed by atoms with E-state index in [9.17, 15) is 13.2 Å². The van der Waals surface area contributed by atoms with Gasteiger partial charge in [-0.15, -0.1) is 0 Å². The minimum Gasteiger partial charge on any atom is -0.377 e. The minimum absolute atomic E-state index is 0.0388. The van der Waals surface area contributed by atoms with Gasteiger partial charge in [-0.25, -0.2) is 4.98 Å². The number of ether oxygens (including phenoxy) is 1. The third-order valence-electron chi connectivity index (χ3n) is 4.69. The number of hydrogen-bond acceptors (Lipinski definition) is 7. The molecule has 3 aromatic rings. The molecular weight excluding hydrogens is 385 g/mol. The van der Waals surface area contributed by atoms with Gasteiger partial charge in [-0.2, -0.15) is 23.1 Å². The first-order valence-corrected chi connectivity index (χ1v) is 9.15. The van der Waals surface area contributed by atoms with Crippen LogP contribution in [0, 0.1) is 0 Å². The highest BCUT2D eigenvalue weighted by Crippen LogP contribution is 2.31. The van der Waals surface area contributed by atoms with Crippen LogP contribution >= 0.6 is 0 Å². The fraction of sp³-hybridized carbons (Fsp3) is 0.368. The van der Waals surface area contributed by atoms with Crippen LogP contribution in [0.2, 0.25) is 0 Å². The second-order valence-electron chi connectivity index (χ2n) is 6.73. The number of rotatable bonds is 4. The van der Waals surface area contributed by atoms with Gasteiger partial charge < -0.3 is 15.0 Å². The van der Waals surface area contributed by atoms with Gasteiger partial charge >= 0.3 is 6.18 Å². The molecule has 0 amide bonds. The summed E-state index contributed by atoms with van der Waals surface area (Å²) in [7, 11) is 0. The zero-order valence-corrected chi connectivity index (χ0v) is 15.6. The number of halogens is 3. The molecule has 0 unspecified atom stereocenters. The molecule has 152 valence electrons. The van der Waals surface area contributed by atoms with Crippen molar-refractivity contribution < 1.29 is 17.9 Å². The quantitative estimate of drug-likeness (QED) is 0.715. The van der Waals surface area contributed by atoms with E-state index in [1.165, 1.54) is 12.1 Å². The highest BCUT2D eigenvalue weighted by molar-refractivity contribution is 5.87. The summed E-state index contributed by atoms with van der Waals surface area (Å²) < 4.78 is 45.2. The van der Waals surface area contributed by atoms with Gasteiger partial charge in [-0.1, -0.05) is 6.07 Å². The van der Waals surface area contributed by atoms with Crippen molar-refractivity contribution in [2.45, 2.75) is 25.7 Å². The number of nitrogens with one attached hydrogen (secondary N) is 1. The lowest BCUT2D eigenvalue weighted by Crippen LogP contribution is -2.44. The fourth-order valence-electron chi connectivity index (χ4n) is 3.25. The highest BCUT2D eigenvalue weighted by atomic mass is 19.4. The summed E-state index contributed by atoms with van der Waals surface area (Å²) in [6, 6.07) is 6.47. The molecule has 1 atom stereocenters. The standard InChI is InChI=1S/C19H19F3N6O/c1-12-11-29-9-8-28(12)18-26-16-14(5-3-7-24-16)17(27-18)25-10-13-4-2-6-23-15(13)19(20,21)22/h2-7,12H,8-11H2,1H3,(H,24,25,26,27)/t12-/m1/s1. The van der Waals surface area contributed by atoms with Crippen molar-refractivity contribution in [3.05, 3.63) is 47.9 Å². The number of pyridine rings is 2. The Morgan fingerprint density at radius 1 is 1.17 bits per heavy atom. The van der Waals surface area contributed by atoms with Crippen LogP contribution in [0.15, 0.2) is 36.7 Å². The molecule has 4 rings (SSSR count). The molecule has 0 aliphatic carbocycles. The first-order chi connectivity index (χ1) is 13.9. The van der Waals surface area contributed by atoms with Crippen LogP contribution in [-0.2, 0) is 17.5 Å². The number of hydrogen-bond donors (Lipinski definition) is 1. The van der Waals surface area contributed by atoms with Crippen LogP contribution in [0.3, 0.4) is 0 Å². The van der Waals surface area contributed by atoms with E-state index >= 15 is 0 Å². The van der Waals surface area contributed by atoms with Gasteiger partial charge in [-0.3, -0.25) is 4.98 Å². The van der Waals surface area contributed by atoms with Crippen molar-refractivity contribution in [1.29, 1.82) is 0 Å². The lowest BCUT2D eigenvalue weighted by molar-refractivity contribution is -0.141. The van der Waals surface area contributed by atoms with Crippen LogP contribution in [0.5, 0.6) is 0 Å². The average molecular weight is 404 g/mol. The van der Waals surface area contributed by atoms with Gasteiger partial charge in [0.1, 0.15) is 11.5 Å². The molecule has 1 aliphatic heterocycles. The summed E-state index contributed by atoms with van der Waals surface area (Å²) in [6.45, 7) is 3.66. The first kappa shape index (κ1) is 19.3. The van der Waals surface area contributed by atoms with Crippen molar-refractivity contribution in [3.63, 3.8) is 0 Å². The van der Waals surface area contributed by atoms with Crippen LogP contribution in [0.4, 0.5) is 24.9 Å². The molecule has 0 saturated carbocycles. The Labute approximate surface area is 165 Å². The molecular formula is C19H19F3N6O. The normalized spacial score (nSPS) is 17.5. The Morgan fingerprint density at radius 3 is 2.76 bits per heavy atom. The average Bonchev–Trinajstić information content (AvgIpc) is 2.71. The molecule has 1 fully saturated rings. The zero-order valence-electron chi connectivity index (χ0n) is 15.6. The lowest BCUT2D eigenvalue weighted by atomic mass is 10.2. The molecule has 0 spiro atoms. The van der Waals surface area contributed by atoms with E-state index < -0.39 is 11.9 Å². The summed E-state index contributed by atoms with van der Waals surface area (Å²) in [4.78, 5) is 18.9. The lowest BCUT2D eigenvalue weighted by Gasteiger charge is -2.33. The highest BCUT2D eigenvalue weighted by Gasteiger charge is 2.35. The van der Waals surface area contributed by atoms with Gasteiger partial charge in [0.2, 0.25) is 5.95 Å². The van der Waals surface area contributed by atoms with E-state index in [0.717, 1.165) is 6.20 Å². The summed E-state index contributed by atoms with van der Waals surface area (Å²) in [6.07, 6.45) is -1.77. The molecule has 29 heavy (non-hydrogen) atoms. The first-order valence-electron chi connectivity index (χ1n) is 9.15. The minimum atomic E-state index is -4.53. The van der Waals surface area contributed by atoms with Crippen LogP contribution < -0.4 is 10.2 Å². The van der Waals surface area contributed by atoms with E-state index in [0.29, 0.717) is 42.6 Å². The number of alkyl halides is 3. The summed E-state index contributed by atoms with van der Waals surface area (Å²) in [5.74, 6) is 0.894. The largest absolute Gasteiger partial charge is 0.433 e. The fourth-order valence-corrected chi connectivity index (χ4v) is 3.25. The molecule has 4 heterocycles. The molecule has 0 aromatic carbocycles. The topological polar surface area (TPSA) is 76.1 Å². The van der Waals surface area contributed by atoms with E-state index in [1.54, 1.807) is 18.3 Å². The summed E-state index contributed by atoms with van der Waals surface area (Å²) >= 11 is 0. The van der Waals surface area contributed by atoms with Crippen LogP contribution in [0.25, 0.3) is 11.0 Å². The Bertz CT molecular complexity index is 1010. The van der Waals surface area contributed by atoms with Gasteiger partial charge in [0.05, 0.1) is 24.6 Å². The van der Waals surface area contributed by atoms with Gasteiger partial charge in [0.25, 0.3) is 0 Å². The van der Waals surface area contributed by atoms with Crippen molar-refractivity contribution in [2.24, 2.45) is 0 Å². The molecule has 1 aliphatic rings. The number of morpholine rings is 1. The smallest absolute Gasteiger partial charge is 0.377 e. The molecule has 1 N–H and O–H groups in total. The number of nitrogens with zero attached hydrogens (tertiary/aromatic N) is 5.